The van der Waals surface area contributed by atoms with Crippen molar-refractivity contribution in [3.8, 4) is 11.5 Å². The Morgan fingerprint density at radius 3 is 2.38 bits per heavy atom. The summed E-state index contributed by atoms with van der Waals surface area (Å²) in [6.07, 6.45) is 0. The van der Waals surface area contributed by atoms with Crippen LogP contribution in [0.5, 0.6) is 11.5 Å². The summed E-state index contributed by atoms with van der Waals surface area (Å²) in [5.74, 6) is 0.961. The molecule has 0 fully saturated rings. The first-order valence-corrected chi connectivity index (χ1v) is 7.92. The molecule has 0 heterocycles. The standard InChI is InChI=1S/C20H16N2O4/c1-14-4-2-7-19(12-14)26-18-10-8-16(9-11-18)21-20(23)15-5-3-6-17(13-15)22(24)25/h2-13H,1H3,(H,21,23). The maximum atomic E-state index is 12.2. The first-order chi connectivity index (χ1) is 12.5. The molecule has 6 nitrogen and oxygen atoms in total. The third-order valence-electron chi connectivity index (χ3n) is 3.66. The van der Waals surface area contributed by atoms with Gasteiger partial charge in [0.2, 0.25) is 0 Å². The van der Waals surface area contributed by atoms with Crippen LogP contribution in [0.1, 0.15) is 15.9 Å². The van der Waals surface area contributed by atoms with Gasteiger partial charge >= 0.3 is 0 Å². The summed E-state index contributed by atoms with van der Waals surface area (Å²) in [6.45, 7) is 1.99. The molecular weight excluding hydrogens is 332 g/mol. The van der Waals surface area contributed by atoms with Gasteiger partial charge in [-0.15, -0.1) is 0 Å². The van der Waals surface area contributed by atoms with Crippen molar-refractivity contribution in [3.05, 3.63) is 94.0 Å². The van der Waals surface area contributed by atoms with Crippen molar-refractivity contribution in [1.82, 2.24) is 0 Å². The number of amides is 1. The van der Waals surface area contributed by atoms with Gasteiger partial charge in [0.15, 0.2) is 0 Å². The van der Waals surface area contributed by atoms with Gasteiger partial charge in [0, 0.05) is 23.4 Å². The van der Waals surface area contributed by atoms with Crippen LogP contribution < -0.4 is 10.1 Å². The fraction of sp³-hybridized carbons (Fsp3) is 0.0500. The second-order valence-corrected chi connectivity index (χ2v) is 5.70. The predicted octanol–water partition coefficient (Wildman–Crippen LogP) is 4.95. The van der Waals surface area contributed by atoms with Crippen LogP contribution in [0.2, 0.25) is 0 Å². The highest BCUT2D eigenvalue weighted by Crippen LogP contribution is 2.24. The number of hydrogen-bond donors (Lipinski definition) is 1. The van der Waals surface area contributed by atoms with Gasteiger partial charge in [-0.25, -0.2) is 0 Å². The fourth-order valence-electron chi connectivity index (χ4n) is 2.39. The molecule has 3 aromatic carbocycles. The smallest absolute Gasteiger partial charge is 0.270 e. The molecule has 0 aliphatic heterocycles. The molecule has 3 rings (SSSR count). The van der Waals surface area contributed by atoms with Gasteiger partial charge in [-0.05, 0) is 55.0 Å². The maximum Gasteiger partial charge on any atom is 0.270 e. The van der Waals surface area contributed by atoms with Crippen LogP contribution >= 0.6 is 0 Å². The SMILES string of the molecule is Cc1cccc(Oc2ccc(NC(=O)c3cccc([N+](=O)[O-])c3)cc2)c1. The topological polar surface area (TPSA) is 81.5 Å². The molecule has 0 saturated heterocycles. The van der Waals surface area contributed by atoms with E-state index in [4.69, 9.17) is 4.74 Å². The molecule has 3 aromatic rings. The zero-order chi connectivity index (χ0) is 18.5. The van der Waals surface area contributed by atoms with Crippen molar-refractivity contribution >= 4 is 17.3 Å². The molecule has 0 spiro atoms. The molecule has 1 N–H and O–H groups in total. The Bertz CT molecular complexity index is 952. The van der Waals surface area contributed by atoms with E-state index in [-0.39, 0.29) is 11.3 Å². The lowest BCUT2D eigenvalue weighted by Crippen LogP contribution is -2.11. The van der Waals surface area contributed by atoms with E-state index in [0.717, 1.165) is 11.3 Å². The number of hydrogen-bond acceptors (Lipinski definition) is 4. The molecule has 0 aliphatic rings. The minimum atomic E-state index is -0.534. The molecule has 0 bridgehead atoms. The van der Waals surface area contributed by atoms with Crippen LogP contribution in [0.3, 0.4) is 0 Å². The van der Waals surface area contributed by atoms with Crippen LogP contribution in [-0.2, 0) is 0 Å². The van der Waals surface area contributed by atoms with E-state index in [1.54, 1.807) is 24.3 Å². The molecular formula is C20H16N2O4. The molecule has 0 aromatic heterocycles. The third kappa shape index (κ3) is 4.24. The number of nitro groups is 1. The second-order valence-electron chi connectivity index (χ2n) is 5.70. The van der Waals surface area contributed by atoms with E-state index in [0.29, 0.717) is 11.4 Å². The Morgan fingerprint density at radius 1 is 0.962 bits per heavy atom. The van der Waals surface area contributed by atoms with E-state index >= 15 is 0 Å². The molecule has 0 aliphatic carbocycles. The van der Waals surface area contributed by atoms with Gasteiger partial charge < -0.3 is 10.1 Å². The number of ether oxygens (including phenoxy) is 1. The van der Waals surface area contributed by atoms with Crippen molar-refractivity contribution < 1.29 is 14.5 Å². The lowest BCUT2D eigenvalue weighted by atomic mass is 10.2. The molecule has 130 valence electrons. The Kier molecular flexibility index (Phi) is 4.94. The second kappa shape index (κ2) is 7.48. The summed E-state index contributed by atoms with van der Waals surface area (Å²) in [4.78, 5) is 22.5. The monoisotopic (exact) mass is 348 g/mol. The number of anilines is 1. The number of benzene rings is 3. The number of nitrogens with one attached hydrogen (secondary N) is 1. The van der Waals surface area contributed by atoms with Gasteiger partial charge in [-0.1, -0.05) is 18.2 Å². The Labute approximate surface area is 150 Å². The predicted molar refractivity (Wildman–Crippen MR) is 98.7 cm³/mol. The highest BCUT2D eigenvalue weighted by atomic mass is 16.6. The van der Waals surface area contributed by atoms with E-state index in [2.05, 4.69) is 5.32 Å². The number of non-ortho nitro benzene ring substituents is 1. The zero-order valence-electron chi connectivity index (χ0n) is 14.0. The third-order valence-corrected chi connectivity index (χ3v) is 3.66. The number of nitro benzene ring substituents is 1. The maximum absolute atomic E-state index is 12.2. The summed E-state index contributed by atoms with van der Waals surface area (Å²) in [5, 5.41) is 13.5. The van der Waals surface area contributed by atoms with Crippen LogP contribution in [0.25, 0.3) is 0 Å². The van der Waals surface area contributed by atoms with Crippen molar-refractivity contribution in [2.75, 3.05) is 5.32 Å². The first kappa shape index (κ1) is 17.2. The van der Waals surface area contributed by atoms with Crippen molar-refractivity contribution in [3.63, 3.8) is 0 Å². The Morgan fingerprint density at radius 2 is 1.69 bits per heavy atom. The normalized spacial score (nSPS) is 10.2. The van der Waals surface area contributed by atoms with Gasteiger partial charge in [0.25, 0.3) is 11.6 Å². The zero-order valence-corrected chi connectivity index (χ0v) is 14.0. The molecule has 1 amide bonds. The lowest BCUT2D eigenvalue weighted by molar-refractivity contribution is -0.384. The number of nitrogens with zero attached hydrogens (tertiary/aromatic N) is 1. The Hall–Kier alpha value is -3.67. The summed E-state index contributed by atoms with van der Waals surface area (Å²) < 4.78 is 5.76. The van der Waals surface area contributed by atoms with E-state index in [1.165, 1.54) is 24.3 Å². The molecule has 0 saturated carbocycles. The highest BCUT2D eigenvalue weighted by Gasteiger charge is 2.11. The van der Waals surface area contributed by atoms with Gasteiger partial charge in [-0.3, -0.25) is 14.9 Å². The molecule has 0 atom stereocenters. The fourth-order valence-corrected chi connectivity index (χ4v) is 2.39. The average Bonchev–Trinajstić information content (AvgIpc) is 2.63. The molecule has 6 heteroatoms. The van der Waals surface area contributed by atoms with Crippen molar-refractivity contribution in [2.45, 2.75) is 6.92 Å². The highest BCUT2D eigenvalue weighted by molar-refractivity contribution is 6.04. The molecule has 26 heavy (non-hydrogen) atoms. The largest absolute Gasteiger partial charge is 0.457 e. The van der Waals surface area contributed by atoms with Gasteiger partial charge in [-0.2, -0.15) is 0 Å². The first-order valence-electron chi connectivity index (χ1n) is 7.92. The summed E-state index contributed by atoms with van der Waals surface area (Å²) in [6, 6.07) is 20.2. The van der Waals surface area contributed by atoms with Gasteiger partial charge in [0.1, 0.15) is 11.5 Å². The Balaban J connectivity index is 1.68. The molecule has 0 unspecified atom stereocenters. The quantitative estimate of drug-likeness (QED) is 0.522. The minimum absolute atomic E-state index is 0.125. The van der Waals surface area contributed by atoms with Crippen LogP contribution in [-0.4, -0.2) is 10.8 Å². The van der Waals surface area contributed by atoms with Crippen LogP contribution in [0.4, 0.5) is 11.4 Å². The van der Waals surface area contributed by atoms with Crippen LogP contribution in [0, 0.1) is 17.0 Å². The average molecular weight is 348 g/mol. The summed E-state index contributed by atoms with van der Waals surface area (Å²) >= 11 is 0. The lowest BCUT2D eigenvalue weighted by Gasteiger charge is -2.08. The van der Waals surface area contributed by atoms with Crippen LogP contribution in [0.15, 0.2) is 72.8 Å². The van der Waals surface area contributed by atoms with Crippen molar-refractivity contribution in [1.29, 1.82) is 0 Å². The van der Waals surface area contributed by atoms with Gasteiger partial charge in [0.05, 0.1) is 4.92 Å². The molecule has 0 radical (unpaired) electrons. The number of carbonyl (C=O) groups excluding carboxylic acids is 1. The minimum Gasteiger partial charge on any atom is -0.457 e. The van der Waals surface area contributed by atoms with E-state index in [9.17, 15) is 14.9 Å². The number of rotatable bonds is 5. The summed E-state index contributed by atoms with van der Waals surface area (Å²) in [5.41, 5.74) is 1.76. The number of carbonyl (C=O) groups is 1. The summed E-state index contributed by atoms with van der Waals surface area (Å²) in [7, 11) is 0. The number of aryl methyl sites for hydroxylation is 1. The van der Waals surface area contributed by atoms with E-state index < -0.39 is 10.8 Å². The van der Waals surface area contributed by atoms with E-state index in [1.807, 2.05) is 31.2 Å². The van der Waals surface area contributed by atoms with Crippen molar-refractivity contribution in [2.24, 2.45) is 0 Å².